The van der Waals surface area contributed by atoms with Crippen LogP contribution in [-0.4, -0.2) is 65.5 Å². The number of carboxylic acid groups (broad SMARTS) is 1. The highest BCUT2D eigenvalue weighted by Gasteiger charge is 2.50. The molecule has 7 heteroatoms. The third kappa shape index (κ3) is 5.32. The van der Waals surface area contributed by atoms with Gasteiger partial charge in [-0.3, -0.25) is 19.3 Å². The molecule has 0 radical (unpaired) electrons. The van der Waals surface area contributed by atoms with Gasteiger partial charge in [0.2, 0.25) is 5.91 Å². The average Bonchev–Trinajstić information content (AvgIpc) is 3.10. The van der Waals surface area contributed by atoms with Crippen molar-refractivity contribution in [2.24, 2.45) is 0 Å². The molecule has 0 bridgehead atoms. The molecule has 1 N–H and O–H groups in total. The van der Waals surface area contributed by atoms with Crippen molar-refractivity contribution in [1.82, 2.24) is 9.80 Å². The maximum Gasteiger partial charge on any atom is 0.305 e. The van der Waals surface area contributed by atoms with Crippen LogP contribution in [0.1, 0.15) is 44.1 Å². The molecule has 3 rings (SSSR count). The van der Waals surface area contributed by atoms with Crippen LogP contribution in [-0.2, 0) is 25.7 Å². The Morgan fingerprint density at radius 1 is 1.21 bits per heavy atom. The molecule has 1 aromatic rings. The number of hydrogen-bond acceptors (Lipinski definition) is 5. The Labute approximate surface area is 166 Å². The molecule has 1 atom stereocenters. The summed E-state index contributed by atoms with van der Waals surface area (Å²) in [4.78, 5) is 37.4. The molecule has 2 aliphatic rings. The summed E-state index contributed by atoms with van der Waals surface area (Å²) in [6.07, 6.45) is 5.16. The van der Waals surface area contributed by atoms with Crippen molar-refractivity contribution in [3.63, 3.8) is 0 Å². The first-order valence-electron chi connectivity index (χ1n) is 9.80. The number of amides is 1. The van der Waals surface area contributed by atoms with E-state index in [0.29, 0.717) is 13.0 Å². The van der Waals surface area contributed by atoms with Gasteiger partial charge in [-0.25, -0.2) is 0 Å². The number of methoxy groups -OCH3 is 1. The lowest BCUT2D eigenvalue weighted by Gasteiger charge is -2.44. The number of rotatable bonds is 6. The van der Waals surface area contributed by atoms with Crippen molar-refractivity contribution in [2.75, 3.05) is 26.7 Å². The topological polar surface area (TPSA) is 87.2 Å². The van der Waals surface area contributed by atoms with E-state index in [0.717, 1.165) is 51.7 Å². The number of esters is 1. The molecule has 0 saturated carbocycles. The van der Waals surface area contributed by atoms with Crippen LogP contribution in [0.2, 0.25) is 0 Å². The van der Waals surface area contributed by atoms with E-state index < -0.39 is 0 Å². The molecule has 0 aromatic heterocycles. The summed E-state index contributed by atoms with van der Waals surface area (Å²) in [5.74, 6) is 0.104. The minimum absolute atomic E-state index is 0.172. The second-order valence-corrected chi connectivity index (χ2v) is 7.22. The molecule has 2 heterocycles. The predicted octanol–water partition coefficient (Wildman–Crippen LogP) is 2.30. The summed E-state index contributed by atoms with van der Waals surface area (Å²) in [6, 6.07) is 10.2. The Morgan fingerprint density at radius 2 is 1.86 bits per heavy atom. The average molecular weight is 390 g/mol. The van der Waals surface area contributed by atoms with Crippen LogP contribution in [0.15, 0.2) is 30.3 Å². The van der Waals surface area contributed by atoms with Gasteiger partial charge < -0.3 is 14.7 Å². The van der Waals surface area contributed by atoms with Crippen LogP contribution in [0.25, 0.3) is 0 Å². The fourth-order valence-corrected chi connectivity index (χ4v) is 4.32. The summed E-state index contributed by atoms with van der Waals surface area (Å²) in [5, 5.41) is 6.89. The molecule has 2 fully saturated rings. The zero-order chi connectivity index (χ0) is 20.4. The molecule has 1 unspecified atom stereocenters. The highest BCUT2D eigenvalue weighted by atomic mass is 16.5. The first kappa shape index (κ1) is 21.9. The van der Waals surface area contributed by atoms with Gasteiger partial charge in [0.15, 0.2) is 0 Å². The number of benzene rings is 1. The number of piperidine rings is 1. The monoisotopic (exact) mass is 390 g/mol. The SMILES string of the molecule is COC(=O)CCCN1CCCC12CCCN(Cc1ccccc1)C2=O.O=CO. The van der Waals surface area contributed by atoms with Gasteiger partial charge in [-0.2, -0.15) is 0 Å². The van der Waals surface area contributed by atoms with E-state index in [-0.39, 0.29) is 23.9 Å². The summed E-state index contributed by atoms with van der Waals surface area (Å²) < 4.78 is 4.72. The first-order chi connectivity index (χ1) is 13.6. The third-order valence-corrected chi connectivity index (χ3v) is 5.58. The van der Waals surface area contributed by atoms with Gasteiger partial charge >= 0.3 is 5.97 Å². The van der Waals surface area contributed by atoms with Crippen LogP contribution < -0.4 is 0 Å². The maximum atomic E-state index is 13.3. The van der Waals surface area contributed by atoms with Gasteiger partial charge in [0, 0.05) is 19.5 Å². The van der Waals surface area contributed by atoms with Crippen molar-refractivity contribution >= 4 is 18.3 Å². The van der Waals surface area contributed by atoms with Crippen molar-refractivity contribution in [1.29, 1.82) is 0 Å². The van der Waals surface area contributed by atoms with Crippen molar-refractivity contribution in [2.45, 2.75) is 50.6 Å². The van der Waals surface area contributed by atoms with Gasteiger partial charge in [0.1, 0.15) is 5.54 Å². The molecular formula is C21H30N2O5. The number of likely N-dealkylation sites (tertiary alicyclic amines) is 2. The van der Waals surface area contributed by atoms with Crippen LogP contribution in [0.4, 0.5) is 0 Å². The van der Waals surface area contributed by atoms with E-state index in [2.05, 4.69) is 17.0 Å². The highest BCUT2D eigenvalue weighted by molar-refractivity contribution is 5.87. The van der Waals surface area contributed by atoms with E-state index in [4.69, 9.17) is 14.6 Å². The van der Waals surface area contributed by atoms with E-state index in [1.165, 1.54) is 12.7 Å². The lowest BCUT2D eigenvalue weighted by molar-refractivity contribution is -0.148. The van der Waals surface area contributed by atoms with Crippen LogP contribution in [0.5, 0.6) is 0 Å². The fraction of sp³-hybridized carbons (Fsp3) is 0.571. The maximum absolute atomic E-state index is 13.3. The van der Waals surface area contributed by atoms with Gasteiger partial charge in [-0.1, -0.05) is 30.3 Å². The van der Waals surface area contributed by atoms with Crippen molar-refractivity contribution in [3.8, 4) is 0 Å². The van der Waals surface area contributed by atoms with Gasteiger partial charge in [0.05, 0.1) is 7.11 Å². The predicted molar refractivity (Wildman–Crippen MR) is 105 cm³/mol. The second-order valence-electron chi connectivity index (χ2n) is 7.22. The summed E-state index contributed by atoms with van der Waals surface area (Å²) >= 11 is 0. The third-order valence-electron chi connectivity index (χ3n) is 5.58. The lowest BCUT2D eigenvalue weighted by Crippen LogP contribution is -2.59. The summed E-state index contributed by atoms with van der Waals surface area (Å²) in [5.41, 5.74) is 0.839. The van der Waals surface area contributed by atoms with Crippen LogP contribution >= 0.6 is 0 Å². The molecule has 1 aromatic carbocycles. The minimum atomic E-state index is -0.344. The first-order valence-corrected chi connectivity index (χ1v) is 9.80. The van der Waals surface area contributed by atoms with Crippen molar-refractivity contribution in [3.05, 3.63) is 35.9 Å². The van der Waals surface area contributed by atoms with E-state index in [1.54, 1.807) is 0 Å². The van der Waals surface area contributed by atoms with E-state index in [1.807, 2.05) is 23.1 Å². The highest BCUT2D eigenvalue weighted by Crippen LogP contribution is 2.38. The standard InChI is InChI=1S/C20H28N2O3.CH2O2/c1-25-18(23)10-5-14-22-15-7-12-20(22)11-6-13-21(19(20)24)16-17-8-3-2-4-9-17;2-1-3/h2-4,8-9H,5-7,10-16H2,1H3;1H,(H,2,3). The van der Waals surface area contributed by atoms with E-state index >= 15 is 0 Å². The number of carbonyl (C=O) groups excluding carboxylic acids is 2. The molecule has 7 nitrogen and oxygen atoms in total. The summed E-state index contributed by atoms with van der Waals surface area (Å²) in [7, 11) is 1.42. The molecular weight excluding hydrogens is 360 g/mol. The van der Waals surface area contributed by atoms with Gasteiger partial charge in [-0.05, 0) is 50.8 Å². The molecule has 2 saturated heterocycles. The summed E-state index contributed by atoms with van der Waals surface area (Å²) in [6.45, 7) is 3.02. The zero-order valence-corrected chi connectivity index (χ0v) is 16.5. The minimum Gasteiger partial charge on any atom is -0.483 e. The Hall–Kier alpha value is -2.41. The molecule has 2 aliphatic heterocycles. The smallest absolute Gasteiger partial charge is 0.305 e. The van der Waals surface area contributed by atoms with Crippen molar-refractivity contribution < 1.29 is 24.2 Å². The number of nitrogens with zero attached hydrogens (tertiary/aromatic N) is 2. The number of carbonyl (C=O) groups is 3. The second kappa shape index (κ2) is 10.8. The molecule has 1 amide bonds. The molecule has 1 spiro atoms. The molecule has 28 heavy (non-hydrogen) atoms. The Bertz CT molecular complexity index is 651. The Balaban J connectivity index is 0.000000878. The van der Waals surface area contributed by atoms with Crippen LogP contribution in [0, 0.1) is 0 Å². The van der Waals surface area contributed by atoms with Gasteiger partial charge in [-0.15, -0.1) is 0 Å². The van der Waals surface area contributed by atoms with Gasteiger partial charge in [0.25, 0.3) is 6.47 Å². The Morgan fingerprint density at radius 3 is 2.50 bits per heavy atom. The number of hydrogen-bond donors (Lipinski definition) is 1. The zero-order valence-electron chi connectivity index (χ0n) is 16.5. The lowest BCUT2D eigenvalue weighted by atomic mass is 9.85. The molecule has 154 valence electrons. The largest absolute Gasteiger partial charge is 0.483 e. The fourth-order valence-electron chi connectivity index (χ4n) is 4.32. The normalized spacial score (nSPS) is 21.9. The van der Waals surface area contributed by atoms with E-state index in [9.17, 15) is 9.59 Å². The van der Waals surface area contributed by atoms with Crippen LogP contribution in [0.3, 0.4) is 0 Å². The number of ether oxygens (including phenoxy) is 1. The quantitative estimate of drug-likeness (QED) is 0.592. The Kier molecular flexibility index (Phi) is 8.44. The molecule has 0 aliphatic carbocycles.